The minimum atomic E-state index is -0.163. The van der Waals surface area contributed by atoms with E-state index in [1.165, 1.54) is 6.08 Å². The van der Waals surface area contributed by atoms with Crippen molar-refractivity contribution in [2.75, 3.05) is 27.4 Å². The predicted octanol–water partition coefficient (Wildman–Crippen LogP) is 2.91. The second-order valence-corrected chi connectivity index (χ2v) is 4.92. The van der Waals surface area contributed by atoms with E-state index in [4.69, 9.17) is 14.2 Å². The van der Waals surface area contributed by atoms with Crippen LogP contribution in [-0.2, 0) is 4.79 Å². The summed E-state index contributed by atoms with van der Waals surface area (Å²) < 4.78 is 15.7. The van der Waals surface area contributed by atoms with E-state index in [-0.39, 0.29) is 5.91 Å². The van der Waals surface area contributed by atoms with E-state index in [1.807, 2.05) is 48.5 Å². The molecule has 2 aromatic rings. The highest BCUT2D eigenvalue weighted by Crippen LogP contribution is 2.16. The van der Waals surface area contributed by atoms with Crippen molar-refractivity contribution < 1.29 is 19.0 Å². The lowest BCUT2D eigenvalue weighted by Crippen LogP contribution is -2.26. The molecular formula is C19H21NO4. The van der Waals surface area contributed by atoms with Crippen LogP contribution in [0, 0.1) is 0 Å². The molecule has 126 valence electrons. The van der Waals surface area contributed by atoms with Crippen molar-refractivity contribution in [1.82, 2.24) is 5.32 Å². The normalized spacial score (nSPS) is 10.4. The Morgan fingerprint density at radius 2 is 1.46 bits per heavy atom. The van der Waals surface area contributed by atoms with Crippen LogP contribution in [0.2, 0.25) is 0 Å². The monoisotopic (exact) mass is 327 g/mol. The smallest absolute Gasteiger partial charge is 0.244 e. The predicted molar refractivity (Wildman–Crippen MR) is 93.5 cm³/mol. The van der Waals surface area contributed by atoms with E-state index in [0.717, 1.165) is 22.8 Å². The molecule has 0 saturated carbocycles. The summed E-state index contributed by atoms with van der Waals surface area (Å²) in [5.74, 6) is 2.13. The highest BCUT2D eigenvalue weighted by molar-refractivity contribution is 5.91. The standard InChI is InChI=1S/C19H21NO4/c1-22-16-6-3-15(4-7-16)5-12-19(21)20-13-14-24-18-10-8-17(23-2)9-11-18/h3-12H,13-14H2,1-2H3,(H,20,21)/b12-5+. The van der Waals surface area contributed by atoms with Gasteiger partial charge < -0.3 is 19.5 Å². The van der Waals surface area contributed by atoms with Gasteiger partial charge in [-0.15, -0.1) is 0 Å². The van der Waals surface area contributed by atoms with Crippen LogP contribution >= 0.6 is 0 Å². The molecule has 1 N–H and O–H groups in total. The molecule has 0 atom stereocenters. The van der Waals surface area contributed by atoms with Gasteiger partial charge in [0.15, 0.2) is 0 Å². The van der Waals surface area contributed by atoms with Crippen molar-refractivity contribution >= 4 is 12.0 Å². The first kappa shape index (κ1) is 17.4. The van der Waals surface area contributed by atoms with E-state index < -0.39 is 0 Å². The molecule has 0 unspecified atom stereocenters. The minimum Gasteiger partial charge on any atom is -0.497 e. The number of nitrogens with one attached hydrogen (secondary N) is 1. The number of hydrogen-bond donors (Lipinski definition) is 1. The number of hydrogen-bond acceptors (Lipinski definition) is 4. The lowest BCUT2D eigenvalue weighted by Gasteiger charge is -2.07. The second-order valence-electron chi connectivity index (χ2n) is 4.92. The van der Waals surface area contributed by atoms with Crippen LogP contribution in [0.15, 0.2) is 54.6 Å². The molecule has 0 spiro atoms. The average Bonchev–Trinajstić information content (AvgIpc) is 2.64. The molecule has 0 aliphatic rings. The quantitative estimate of drug-likeness (QED) is 0.598. The van der Waals surface area contributed by atoms with Crippen molar-refractivity contribution in [3.05, 3.63) is 60.2 Å². The van der Waals surface area contributed by atoms with Gasteiger partial charge in [-0.1, -0.05) is 12.1 Å². The Kier molecular flexibility index (Phi) is 6.71. The zero-order chi connectivity index (χ0) is 17.2. The van der Waals surface area contributed by atoms with Gasteiger partial charge in [0, 0.05) is 6.08 Å². The Bertz CT molecular complexity index is 663. The molecule has 2 rings (SSSR count). The van der Waals surface area contributed by atoms with Crippen LogP contribution in [0.25, 0.3) is 6.08 Å². The highest BCUT2D eigenvalue weighted by atomic mass is 16.5. The fourth-order valence-electron chi connectivity index (χ4n) is 1.96. The number of carbonyl (C=O) groups excluding carboxylic acids is 1. The summed E-state index contributed by atoms with van der Waals surface area (Å²) in [5.41, 5.74) is 0.931. The Hall–Kier alpha value is -2.95. The first-order valence-corrected chi connectivity index (χ1v) is 7.58. The molecule has 0 radical (unpaired) electrons. The molecule has 5 nitrogen and oxygen atoms in total. The van der Waals surface area contributed by atoms with Gasteiger partial charge in [-0.3, -0.25) is 4.79 Å². The summed E-state index contributed by atoms with van der Waals surface area (Å²) in [6, 6.07) is 14.8. The summed E-state index contributed by atoms with van der Waals surface area (Å²) in [5, 5.41) is 2.77. The number of ether oxygens (including phenoxy) is 3. The fraction of sp³-hybridized carbons (Fsp3) is 0.211. The molecule has 24 heavy (non-hydrogen) atoms. The Morgan fingerprint density at radius 1 is 0.917 bits per heavy atom. The largest absolute Gasteiger partial charge is 0.497 e. The zero-order valence-corrected chi connectivity index (χ0v) is 13.8. The summed E-state index contributed by atoms with van der Waals surface area (Å²) in [4.78, 5) is 11.7. The van der Waals surface area contributed by atoms with Crippen molar-refractivity contribution in [2.45, 2.75) is 0 Å². The van der Waals surface area contributed by atoms with Crippen LogP contribution in [0.3, 0.4) is 0 Å². The molecule has 0 fully saturated rings. The van der Waals surface area contributed by atoms with Gasteiger partial charge in [0.1, 0.15) is 23.9 Å². The van der Waals surface area contributed by atoms with Crippen LogP contribution in [0.5, 0.6) is 17.2 Å². The maximum atomic E-state index is 11.7. The summed E-state index contributed by atoms with van der Waals surface area (Å²) in [6.45, 7) is 0.826. The van der Waals surface area contributed by atoms with Gasteiger partial charge in [0.2, 0.25) is 5.91 Å². The topological polar surface area (TPSA) is 56.8 Å². The summed E-state index contributed by atoms with van der Waals surface area (Å²) in [7, 11) is 3.23. The lowest BCUT2D eigenvalue weighted by atomic mass is 10.2. The SMILES string of the molecule is COc1ccc(/C=C/C(=O)NCCOc2ccc(OC)cc2)cc1. The maximum Gasteiger partial charge on any atom is 0.244 e. The van der Waals surface area contributed by atoms with Crippen LogP contribution in [0.4, 0.5) is 0 Å². The zero-order valence-electron chi connectivity index (χ0n) is 13.8. The molecule has 0 heterocycles. The number of methoxy groups -OCH3 is 2. The Morgan fingerprint density at radius 3 is 2.04 bits per heavy atom. The van der Waals surface area contributed by atoms with E-state index in [2.05, 4.69) is 5.32 Å². The average molecular weight is 327 g/mol. The second kappa shape index (κ2) is 9.25. The van der Waals surface area contributed by atoms with Gasteiger partial charge in [0.25, 0.3) is 0 Å². The lowest BCUT2D eigenvalue weighted by molar-refractivity contribution is -0.116. The number of benzene rings is 2. The molecule has 1 amide bonds. The molecule has 5 heteroatoms. The molecule has 0 aromatic heterocycles. The van der Waals surface area contributed by atoms with Gasteiger partial charge >= 0.3 is 0 Å². The molecule has 0 aliphatic carbocycles. The van der Waals surface area contributed by atoms with E-state index in [0.29, 0.717) is 13.2 Å². The molecule has 0 aliphatic heterocycles. The highest BCUT2D eigenvalue weighted by Gasteiger charge is 1.98. The van der Waals surface area contributed by atoms with Crippen LogP contribution in [-0.4, -0.2) is 33.3 Å². The number of amides is 1. The Labute approximate surface area is 141 Å². The van der Waals surface area contributed by atoms with E-state index in [9.17, 15) is 4.79 Å². The number of carbonyl (C=O) groups is 1. The fourth-order valence-corrected chi connectivity index (χ4v) is 1.96. The van der Waals surface area contributed by atoms with Gasteiger partial charge in [-0.25, -0.2) is 0 Å². The Balaban J connectivity index is 1.69. The number of rotatable bonds is 8. The van der Waals surface area contributed by atoms with E-state index >= 15 is 0 Å². The van der Waals surface area contributed by atoms with Gasteiger partial charge in [0.05, 0.1) is 20.8 Å². The van der Waals surface area contributed by atoms with Crippen molar-refractivity contribution in [1.29, 1.82) is 0 Å². The van der Waals surface area contributed by atoms with Gasteiger partial charge in [-0.05, 0) is 48.0 Å². The van der Waals surface area contributed by atoms with Crippen LogP contribution in [0.1, 0.15) is 5.56 Å². The van der Waals surface area contributed by atoms with Crippen molar-refractivity contribution in [3.8, 4) is 17.2 Å². The molecule has 0 bridgehead atoms. The van der Waals surface area contributed by atoms with Crippen LogP contribution < -0.4 is 19.5 Å². The molecule has 0 saturated heterocycles. The maximum absolute atomic E-state index is 11.7. The first-order chi connectivity index (χ1) is 11.7. The van der Waals surface area contributed by atoms with E-state index in [1.54, 1.807) is 20.3 Å². The summed E-state index contributed by atoms with van der Waals surface area (Å²) >= 11 is 0. The first-order valence-electron chi connectivity index (χ1n) is 7.58. The third-order valence-electron chi connectivity index (χ3n) is 3.27. The van der Waals surface area contributed by atoms with Gasteiger partial charge in [-0.2, -0.15) is 0 Å². The molecular weight excluding hydrogens is 306 g/mol. The molecule has 2 aromatic carbocycles. The third kappa shape index (κ3) is 5.68. The van der Waals surface area contributed by atoms with Crippen molar-refractivity contribution in [2.24, 2.45) is 0 Å². The summed E-state index contributed by atoms with van der Waals surface area (Å²) in [6.07, 6.45) is 3.24. The minimum absolute atomic E-state index is 0.163. The van der Waals surface area contributed by atoms with Crippen molar-refractivity contribution in [3.63, 3.8) is 0 Å². The third-order valence-corrected chi connectivity index (χ3v) is 3.27.